The van der Waals surface area contributed by atoms with Crippen LogP contribution in [0.5, 0.6) is 5.75 Å². The molecule has 2 heterocycles. The summed E-state index contributed by atoms with van der Waals surface area (Å²) in [4.78, 5) is 12.9. The second kappa shape index (κ2) is 9.68. The van der Waals surface area contributed by atoms with Crippen LogP contribution < -0.4 is 10.1 Å². The first kappa shape index (κ1) is 22.9. The Balaban J connectivity index is 1.47. The number of benzene rings is 2. The van der Waals surface area contributed by atoms with Gasteiger partial charge in [-0.2, -0.15) is 5.10 Å². The zero-order valence-corrected chi connectivity index (χ0v) is 19.9. The van der Waals surface area contributed by atoms with Crippen molar-refractivity contribution in [1.29, 1.82) is 0 Å². The average molecular weight is 485 g/mol. The SMILES string of the molecule is Cc1ccc(OCc2c(C(=O)Nc3nn(Cc4ccccc4Cl)cc3Cl)noc2C)cc1C. The number of halogens is 2. The molecule has 0 fully saturated rings. The molecule has 2 aromatic heterocycles. The quantitative estimate of drug-likeness (QED) is 0.348. The highest BCUT2D eigenvalue weighted by Crippen LogP contribution is 2.24. The van der Waals surface area contributed by atoms with E-state index in [1.54, 1.807) is 23.9 Å². The number of hydrogen-bond donors (Lipinski definition) is 1. The lowest BCUT2D eigenvalue weighted by atomic mass is 10.1. The Morgan fingerprint density at radius 3 is 2.64 bits per heavy atom. The van der Waals surface area contributed by atoms with Gasteiger partial charge in [0.15, 0.2) is 11.5 Å². The van der Waals surface area contributed by atoms with Gasteiger partial charge < -0.3 is 14.6 Å². The first-order valence-corrected chi connectivity index (χ1v) is 11.0. The van der Waals surface area contributed by atoms with Crippen molar-refractivity contribution in [3.8, 4) is 5.75 Å². The van der Waals surface area contributed by atoms with E-state index in [0.717, 1.165) is 11.1 Å². The van der Waals surface area contributed by atoms with Crippen LogP contribution in [0, 0.1) is 20.8 Å². The summed E-state index contributed by atoms with van der Waals surface area (Å²) in [5, 5.41) is 11.9. The molecular formula is C24H22Cl2N4O3. The third-order valence-corrected chi connectivity index (χ3v) is 5.95. The summed E-state index contributed by atoms with van der Waals surface area (Å²) < 4.78 is 12.7. The molecule has 2 aromatic carbocycles. The molecule has 0 aliphatic rings. The summed E-state index contributed by atoms with van der Waals surface area (Å²) in [5.74, 6) is 0.927. The molecule has 0 spiro atoms. The molecule has 0 atom stereocenters. The molecule has 33 heavy (non-hydrogen) atoms. The highest BCUT2D eigenvalue weighted by molar-refractivity contribution is 6.33. The van der Waals surface area contributed by atoms with Gasteiger partial charge in [-0.1, -0.05) is 52.6 Å². The van der Waals surface area contributed by atoms with Crippen molar-refractivity contribution in [2.24, 2.45) is 0 Å². The number of carbonyl (C=O) groups is 1. The molecule has 4 aromatic rings. The fourth-order valence-electron chi connectivity index (χ4n) is 3.23. The number of nitrogens with one attached hydrogen (secondary N) is 1. The van der Waals surface area contributed by atoms with E-state index in [-0.39, 0.29) is 18.1 Å². The van der Waals surface area contributed by atoms with Gasteiger partial charge in [0.1, 0.15) is 23.1 Å². The van der Waals surface area contributed by atoms with E-state index in [2.05, 4.69) is 15.6 Å². The number of carbonyl (C=O) groups excluding carboxylic acids is 1. The van der Waals surface area contributed by atoms with Gasteiger partial charge in [0.2, 0.25) is 0 Å². The van der Waals surface area contributed by atoms with Crippen molar-refractivity contribution in [3.63, 3.8) is 0 Å². The molecular weight excluding hydrogens is 463 g/mol. The number of aromatic nitrogens is 3. The zero-order valence-electron chi connectivity index (χ0n) is 18.4. The van der Waals surface area contributed by atoms with Crippen molar-refractivity contribution in [1.82, 2.24) is 14.9 Å². The normalized spacial score (nSPS) is 10.9. The number of aryl methyl sites for hydroxylation is 3. The lowest BCUT2D eigenvalue weighted by Gasteiger charge is -2.09. The molecule has 1 N–H and O–H groups in total. The van der Waals surface area contributed by atoms with E-state index in [1.807, 2.05) is 50.2 Å². The Labute approximate surface area is 201 Å². The molecule has 4 rings (SSSR count). The van der Waals surface area contributed by atoms with Crippen LogP contribution in [0.1, 0.15) is 38.5 Å². The standard InChI is InChI=1S/C24H22Cl2N4O3/c1-14-8-9-18(10-15(14)2)32-13-19-16(3)33-29-22(19)24(31)27-23-21(26)12-30(28-23)11-17-6-4-5-7-20(17)25/h4-10,12H,11,13H2,1-3H3,(H,27,28,31). The molecule has 170 valence electrons. The molecule has 0 radical (unpaired) electrons. The van der Waals surface area contributed by atoms with Crippen molar-refractivity contribution in [2.45, 2.75) is 33.9 Å². The Morgan fingerprint density at radius 2 is 1.88 bits per heavy atom. The number of hydrogen-bond acceptors (Lipinski definition) is 5. The largest absolute Gasteiger partial charge is 0.489 e. The van der Waals surface area contributed by atoms with Crippen LogP contribution in [0.25, 0.3) is 0 Å². The predicted octanol–water partition coefficient (Wildman–Crippen LogP) is 5.98. The second-order valence-electron chi connectivity index (χ2n) is 7.67. The first-order chi connectivity index (χ1) is 15.8. The molecule has 0 saturated carbocycles. The molecule has 7 nitrogen and oxygen atoms in total. The smallest absolute Gasteiger partial charge is 0.279 e. The lowest BCUT2D eigenvalue weighted by molar-refractivity contribution is 0.101. The maximum atomic E-state index is 12.9. The average Bonchev–Trinajstić information content (AvgIpc) is 3.32. The molecule has 0 unspecified atom stereocenters. The Bertz CT molecular complexity index is 1310. The zero-order chi connectivity index (χ0) is 23.5. The molecule has 0 aliphatic carbocycles. The van der Waals surface area contributed by atoms with Gasteiger partial charge in [-0.25, -0.2) is 0 Å². The van der Waals surface area contributed by atoms with Crippen LogP contribution in [-0.4, -0.2) is 20.8 Å². The van der Waals surface area contributed by atoms with E-state index >= 15 is 0 Å². The molecule has 0 saturated heterocycles. The maximum Gasteiger partial charge on any atom is 0.279 e. The highest BCUT2D eigenvalue weighted by atomic mass is 35.5. The Kier molecular flexibility index (Phi) is 6.72. The fourth-order valence-corrected chi connectivity index (χ4v) is 3.62. The topological polar surface area (TPSA) is 82.2 Å². The van der Waals surface area contributed by atoms with Crippen LogP contribution in [0.2, 0.25) is 10.0 Å². The first-order valence-electron chi connectivity index (χ1n) is 10.2. The molecule has 9 heteroatoms. The maximum absolute atomic E-state index is 12.9. The summed E-state index contributed by atoms with van der Waals surface area (Å²) in [6, 6.07) is 13.3. The molecule has 1 amide bonds. The number of anilines is 1. The third-order valence-electron chi connectivity index (χ3n) is 5.30. The van der Waals surface area contributed by atoms with Gasteiger partial charge in [0.05, 0.1) is 12.1 Å². The number of ether oxygens (including phenoxy) is 1. The van der Waals surface area contributed by atoms with Crippen molar-refractivity contribution in [2.75, 3.05) is 5.32 Å². The summed E-state index contributed by atoms with van der Waals surface area (Å²) in [5.41, 5.74) is 3.85. The van der Waals surface area contributed by atoms with Gasteiger partial charge in [0, 0.05) is 11.2 Å². The van der Waals surface area contributed by atoms with Crippen LogP contribution >= 0.6 is 23.2 Å². The van der Waals surface area contributed by atoms with E-state index < -0.39 is 5.91 Å². The van der Waals surface area contributed by atoms with Gasteiger partial charge >= 0.3 is 0 Å². The number of nitrogens with zero attached hydrogens (tertiary/aromatic N) is 3. The monoisotopic (exact) mass is 484 g/mol. The highest BCUT2D eigenvalue weighted by Gasteiger charge is 2.22. The van der Waals surface area contributed by atoms with Crippen LogP contribution in [0.3, 0.4) is 0 Å². The van der Waals surface area contributed by atoms with Gasteiger partial charge in [0.25, 0.3) is 5.91 Å². The van der Waals surface area contributed by atoms with Gasteiger partial charge in [-0.05, 0) is 55.7 Å². The van der Waals surface area contributed by atoms with Gasteiger partial charge in [-0.15, -0.1) is 0 Å². The van der Waals surface area contributed by atoms with Crippen molar-refractivity contribution >= 4 is 34.9 Å². The van der Waals surface area contributed by atoms with Crippen LogP contribution in [0.4, 0.5) is 5.82 Å². The summed E-state index contributed by atoms with van der Waals surface area (Å²) in [6.07, 6.45) is 1.62. The Morgan fingerprint density at radius 1 is 1.09 bits per heavy atom. The summed E-state index contributed by atoms with van der Waals surface area (Å²) >= 11 is 12.5. The van der Waals surface area contributed by atoms with E-state index in [1.165, 1.54) is 5.56 Å². The minimum Gasteiger partial charge on any atom is -0.489 e. The van der Waals surface area contributed by atoms with Gasteiger partial charge in [-0.3, -0.25) is 9.48 Å². The molecule has 0 bridgehead atoms. The number of amides is 1. The minimum atomic E-state index is -0.490. The summed E-state index contributed by atoms with van der Waals surface area (Å²) in [7, 11) is 0. The van der Waals surface area contributed by atoms with Crippen molar-refractivity contribution < 1.29 is 14.1 Å². The second-order valence-corrected chi connectivity index (χ2v) is 8.48. The van der Waals surface area contributed by atoms with Crippen LogP contribution in [-0.2, 0) is 13.2 Å². The van der Waals surface area contributed by atoms with Crippen LogP contribution in [0.15, 0.2) is 53.2 Å². The van der Waals surface area contributed by atoms with E-state index in [4.69, 9.17) is 32.5 Å². The fraction of sp³-hybridized carbons (Fsp3) is 0.208. The van der Waals surface area contributed by atoms with Crippen molar-refractivity contribution in [3.05, 3.63) is 92.4 Å². The lowest BCUT2D eigenvalue weighted by Crippen LogP contribution is -2.16. The number of rotatable bonds is 7. The summed E-state index contributed by atoms with van der Waals surface area (Å²) in [6.45, 7) is 6.32. The predicted molar refractivity (Wildman–Crippen MR) is 127 cm³/mol. The van der Waals surface area contributed by atoms with E-state index in [0.29, 0.717) is 33.7 Å². The Hall–Kier alpha value is -3.29. The third kappa shape index (κ3) is 5.21. The molecule has 0 aliphatic heterocycles. The minimum absolute atomic E-state index is 0.119. The van der Waals surface area contributed by atoms with E-state index in [9.17, 15) is 4.79 Å².